The topological polar surface area (TPSA) is 34.0 Å². The van der Waals surface area contributed by atoms with E-state index in [2.05, 4.69) is 5.32 Å². The van der Waals surface area contributed by atoms with E-state index in [0.29, 0.717) is 6.04 Å². The molecule has 0 atom stereocenters. The van der Waals surface area contributed by atoms with Crippen LogP contribution in [0.3, 0.4) is 0 Å². The second kappa shape index (κ2) is 4.03. The fraction of sp³-hybridized carbons (Fsp3) is 0.417. The number of thiophene rings is 1. The lowest BCUT2D eigenvalue weighted by atomic mass is 10.4. The summed E-state index contributed by atoms with van der Waals surface area (Å²) in [5, 5.41) is 3.02. The summed E-state index contributed by atoms with van der Waals surface area (Å²) in [7, 11) is 0. The highest BCUT2D eigenvalue weighted by Crippen LogP contribution is 2.32. The molecular weight excluding hydrogens is 256 g/mol. The Morgan fingerprint density at radius 1 is 1.59 bits per heavy atom. The molecule has 1 amide bonds. The van der Waals surface area contributed by atoms with Gasteiger partial charge >= 0.3 is 0 Å². The number of nitrogens with one attached hydrogen (secondary N) is 1. The fourth-order valence-corrected chi connectivity index (χ4v) is 3.21. The van der Waals surface area contributed by atoms with Crippen molar-refractivity contribution in [1.29, 1.82) is 0 Å². The van der Waals surface area contributed by atoms with Gasteiger partial charge in [-0.2, -0.15) is 0 Å². The summed E-state index contributed by atoms with van der Waals surface area (Å²) in [5.41, 5.74) is 1.81. The van der Waals surface area contributed by atoms with Crippen molar-refractivity contribution in [1.82, 2.24) is 9.88 Å². The highest BCUT2D eigenvalue weighted by atomic mass is 35.5. The lowest BCUT2D eigenvalue weighted by Gasteiger charge is -2.07. The van der Waals surface area contributed by atoms with Crippen molar-refractivity contribution in [2.75, 3.05) is 0 Å². The lowest BCUT2D eigenvalue weighted by Crippen LogP contribution is -2.27. The molecule has 1 N–H and O–H groups in total. The summed E-state index contributed by atoms with van der Waals surface area (Å²) >= 11 is 7.50. The number of aromatic nitrogens is 1. The van der Waals surface area contributed by atoms with Crippen molar-refractivity contribution in [2.24, 2.45) is 0 Å². The van der Waals surface area contributed by atoms with E-state index < -0.39 is 0 Å². The molecule has 2 aromatic rings. The van der Waals surface area contributed by atoms with Gasteiger partial charge in [0.2, 0.25) is 0 Å². The van der Waals surface area contributed by atoms with Crippen LogP contribution in [0.5, 0.6) is 0 Å². The highest BCUT2D eigenvalue weighted by Gasteiger charge is 2.25. The van der Waals surface area contributed by atoms with E-state index in [1.165, 1.54) is 11.3 Å². The minimum absolute atomic E-state index is 0.0360. The molecule has 0 spiro atoms. The number of aryl methyl sites for hydroxylation is 1. The molecule has 2 aromatic heterocycles. The van der Waals surface area contributed by atoms with Crippen molar-refractivity contribution in [3.05, 3.63) is 22.2 Å². The number of hydrogen-bond acceptors (Lipinski definition) is 2. The summed E-state index contributed by atoms with van der Waals surface area (Å²) in [6, 6.07) is 4.26. The van der Waals surface area contributed by atoms with E-state index in [0.717, 1.165) is 39.6 Å². The third-order valence-corrected chi connectivity index (χ3v) is 4.22. The standard InChI is InChI=1S/C12H13ClN2OS/c1-2-15-8-6-11(13)17-10(8)5-9(15)12(16)14-7-3-4-7/h5-7H,2-4H2,1H3,(H,14,16). The average molecular weight is 269 g/mol. The molecule has 2 heterocycles. The fourth-order valence-electron chi connectivity index (χ4n) is 2.03. The van der Waals surface area contributed by atoms with E-state index in [-0.39, 0.29) is 5.91 Å². The Balaban J connectivity index is 2.02. The second-order valence-electron chi connectivity index (χ2n) is 4.32. The summed E-state index contributed by atoms with van der Waals surface area (Å²) in [6.45, 7) is 2.82. The number of rotatable bonds is 3. The minimum atomic E-state index is 0.0360. The Morgan fingerprint density at radius 3 is 3.00 bits per heavy atom. The summed E-state index contributed by atoms with van der Waals surface area (Å²) < 4.78 is 3.87. The van der Waals surface area contributed by atoms with Gasteiger partial charge in [-0.1, -0.05) is 11.6 Å². The molecule has 17 heavy (non-hydrogen) atoms. The molecular formula is C12H13ClN2OS. The molecule has 0 saturated heterocycles. The average Bonchev–Trinajstić information content (AvgIpc) is 2.92. The van der Waals surface area contributed by atoms with Crippen molar-refractivity contribution in [3.8, 4) is 0 Å². The molecule has 3 nitrogen and oxygen atoms in total. The minimum Gasteiger partial charge on any atom is -0.348 e. The van der Waals surface area contributed by atoms with Gasteiger partial charge in [0.1, 0.15) is 5.69 Å². The first kappa shape index (κ1) is 11.1. The van der Waals surface area contributed by atoms with Crippen LogP contribution in [0.2, 0.25) is 4.34 Å². The third-order valence-electron chi connectivity index (χ3n) is 3.02. The summed E-state index contributed by atoms with van der Waals surface area (Å²) in [5.74, 6) is 0.0360. The molecule has 1 aliphatic rings. The second-order valence-corrected chi connectivity index (χ2v) is 6.04. The number of halogens is 1. The molecule has 0 aromatic carbocycles. The Kier molecular flexibility index (Phi) is 2.64. The maximum absolute atomic E-state index is 12.1. The molecule has 90 valence electrons. The van der Waals surface area contributed by atoms with Crippen LogP contribution in [0, 0.1) is 0 Å². The van der Waals surface area contributed by atoms with Gasteiger partial charge in [0.25, 0.3) is 5.91 Å². The molecule has 1 fully saturated rings. The Bertz CT molecular complexity index is 583. The first-order valence-electron chi connectivity index (χ1n) is 5.78. The molecule has 0 aliphatic heterocycles. The number of nitrogens with zero attached hydrogens (tertiary/aromatic N) is 1. The van der Waals surface area contributed by atoms with Gasteiger partial charge in [-0.25, -0.2) is 0 Å². The van der Waals surface area contributed by atoms with Crippen LogP contribution in [0.4, 0.5) is 0 Å². The summed E-state index contributed by atoms with van der Waals surface area (Å²) in [4.78, 5) is 12.1. The zero-order valence-corrected chi connectivity index (χ0v) is 11.1. The lowest BCUT2D eigenvalue weighted by molar-refractivity contribution is 0.0942. The van der Waals surface area contributed by atoms with Crippen molar-refractivity contribution < 1.29 is 4.79 Å². The van der Waals surface area contributed by atoms with Gasteiger partial charge in [-0.05, 0) is 31.9 Å². The molecule has 0 radical (unpaired) electrons. The number of fused-ring (bicyclic) bond motifs is 1. The van der Waals surface area contributed by atoms with Crippen LogP contribution < -0.4 is 5.32 Å². The largest absolute Gasteiger partial charge is 0.348 e. The van der Waals surface area contributed by atoms with Gasteiger partial charge in [0, 0.05) is 12.6 Å². The SMILES string of the molecule is CCn1c(C(=O)NC2CC2)cc2sc(Cl)cc21. The molecule has 1 saturated carbocycles. The van der Waals surface area contributed by atoms with E-state index >= 15 is 0 Å². The predicted molar refractivity (Wildman–Crippen MR) is 71.0 cm³/mol. The predicted octanol–water partition coefficient (Wildman–Crippen LogP) is 3.27. The van der Waals surface area contributed by atoms with Crippen molar-refractivity contribution >= 4 is 39.1 Å². The molecule has 5 heteroatoms. The number of carbonyl (C=O) groups is 1. The smallest absolute Gasteiger partial charge is 0.268 e. The Hall–Kier alpha value is -1.00. The van der Waals surface area contributed by atoms with Gasteiger partial charge in [-0.3, -0.25) is 4.79 Å². The van der Waals surface area contributed by atoms with Crippen LogP contribution in [0.25, 0.3) is 10.2 Å². The van der Waals surface area contributed by atoms with Crippen molar-refractivity contribution in [2.45, 2.75) is 32.4 Å². The Morgan fingerprint density at radius 2 is 2.35 bits per heavy atom. The van der Waals surface area contributed by atoms with Crippen LogP contribution in [-0.2, 0) is 6.54 Å². The van der Waals surface area contributed by atoms with E-state index in [9.17, 15) is 4.79 Å². The monoisotopic (exact) mass is 268 g/mol. The molecule has 3 rings (SSSR count). The van der Waals surface area contributed by atoms with Gasteiger partial charge in [0.15, 0.2) is 0 Å². The van der Waals surface area contributed by atoms with E-state index in [1.54, 1.807) is 0 Å². The van der Waals surface area contributed by atoms with Crippen molar-refractivity contribution in [3.63, 3.8) is 0 Å². The number of hydrogen-bond donors (Lipinski definition) is 1. The van der Waals surface area contributed by atoms with Gasteiger partial charge < -0.3 is 9.88 Å². The highest BCUT2D eigenvalue weighted by molar-refractivity contribution is 7.22. The van der Waals surface area contributed by atoms with Gasteiger partial charge in [0.05, 0.1) is 14.6 Å². The van der Waals surface area contributed by atoms with Gasteiger partial charge in [-0.15, -0.1) is 11.3 Å². The Labute approximate surface area is 108 Å². The van der Waals surface area contributed by atoms with E-state index in [4.69, 9.17) is 11.6 Å². The zero-order valence-electron chi connectivity index (χ0n) is 9.50. The van der Waals surface area contributed by atoms with E-state index in [1.807, 2.05) is 23.6 Å². The first-order valence-corrected chi connectivity index (χ1v) is 6.98. The maximum Gasteiger partial charge on any atom is 0.268 e. The zero-order chi connectivity index (χ0) is 12.0. The van der Waals surface area contributed by atoms with Crippen LogP contribution >= 0.6 is 22.9 Å². The first-order chi connectivity index (χ1) is 8.19. The number of amides is 1. The maximum atomic E-state index is 12.1. The molecule has 1 aliphatic carbocycles. The third kappa shape index (κ3) is 1.96. The van der Waals surface area contributed by atoms with Crippen LogP contribution in [0.1, 0.15) is 30.3 Å². The normalized spacial score (nSPS) is 15.4. The summed E-state index contributed by atoms with van der Waals surface area (Å²) in [6.07, 6.45) is 2.22. The van der Waals surface area contributed by atoms with Crippen LogP contribution in [-0.4, -0.2) is 16.5 Å². The molecule has 0 unspecified atom stereocenters. The molecule has 0 bridgehead atoms. The quantitative estimate of drug-likeness (QED) is 0.911. The van der Waals surface area contributed by atoms with Crippen LogP contribution in [0.15, 0.2) is 12.1 Å². The number of carbonyl (C=O) groups excluding carboxylic acids is 1.